The van der Waals surface area contributed by atoms with Crippen molar-refractivity contribution in [3.8, 4) is 11.5 Å². The number of nitrogens with zero attached hydrogens (tertiary/aromatic N) is 2. The van der Waals surface area contributed by atoms with Gasteiger partial charge in [-0.2, -0.15) is 0 Å². The molecule has 2 amide bonds. The average molecular weight is 582 g/mol. The van der Waals surface area contributed by atoms with Crippen LogP contribution < -0.4 is 19.1 Å². The third-order valence-electron chi connectivity index (χ3n) is 6.52. The van der Waals surface area contributed by atoms with Crippen LogP contribution in [0.1, 0.15) is 38.3 Å². The molecule has 0 saturated carbocycles. The summed E-state index contributed by atoms with van der Waals surface area (Å²) < 4.78 is 39.7. The van der Waals surface area contributed by atoms with Gasteiger partial charge in [0.2, 0.25) is 11.8 Å². The van der Waals surface area contributed by atoms with Gasteiger partial charge < -0.3 is 19.7 Å². The number of sulfonamides is 1. The smallest absolute Gasteiger partial charge is 0.264 e. The van der Waals surface area contributed by atoms with Crippen LogP contribution in [0.4, 0.5) is 5.69 Å². The molecule has 0 aliphatic rings. The van der Waals surface area contributed by atoms with Crippen LogP contribution in [0.5, 0.6) is 11.5 Å². The van der Waals surface area contributed by atoms with Crippen LogP contribution >= 0.6 is 0 Å². The molecule has 0 heterocycles. The molecule has 0 radical (unpaired) electrons. The Morgan fingerprint density at radius 1 is 0.902 bits per heavy atom. The Morgan fingerprint density at radius 3 is 2.17 bits per heavy atom. The standard InChI is InChI=1S/C31H39N3O6S/c1-7-27(31(36)32-22(2)3)33(20-24-13-11-12-23(4)18-24)30(35)21-34(41(37,38)26-14-9-8-10-15-26)25-16-17-28(39-5)29(19-25)40-6/h8-19,22,27H,7,20-21H2,1-6H3,(H,32,36)/t27-/m0/s1. The minimum atomic E-state index is -4.19. The second-order valence-corrected chi connectivity index (χ2v) is 11.8. The van der Waals surface area contributed by atoms with Crippen LogP contribution in [-0.4, -0.2) is 58.0 Å². The first-order valence-corrected chi connectivity index (χ1v) is 14.9. The van der Waals surface area contributed by atoms with E-state index >= 15 is 0 Å². The first kappa shape index (κ1) is 31.5. The fraction of sp³-hybridized carbons (Fsp3) is 0.355. The zero-order valence-electron chi connectivity index (χ0n) is 24.5. The van der Waals surface area contributed by atoms with E-state index in [-0.39, 0.29) is 29.1 Å². The van der Waals surface area contributed by atoms with Crippen LogP contribution in [0, 0.1) is 6.92 Å². The van der Waals surface area contributed by atoms with Gasteiger partial charge in [0.15, 0.2) is 11.5 Å². The summed E-state index contributed by atoms with van der Waals surface area (Å²) in [6.07, 6.45) is 0.345. The van der Waals surface area contributed by atoms with Gasteiger partial charge in [0.25, 0.3) is 10.0 Å². The highest BCUT2D eigenvalue weighted by Crippen LogP contribution is 2.34. The molecule has 9 nitrogen and oxygen atoms in total. The fourth-order valence-electron chi connectivity index (χ4n) is 4.54. The Balaban J connectivity index is 2.11. The Bertz CT molecular complexity index is 1440. The molecule has 1 N–H and O–H groups in total. The number of ether oxygens (including phenoxy) is 2. The lowest BCUT2D eigenvalue weighted by molar-refractivity contribution is -0.140. The highest BCUT2D eigenvalue weighted by atomic mass is 32.2. The van der Waals surface area contributed by atoms with E-state index in [9.17, 15) is 18.0 Å². The maximum atomic E-state index is 14.1. The number of carbonyl (C=O) groups is 2. The Hall–Kier alpha value is -4.05. The van der Waals surface area contributed by atoms with E-state index in [1.165, 1.54) is 37.3 Å². The SMILES string of the molecule is CC[C@@H](C(=O)NC(C)C)N(Cc1cccc(C)c1)C(=O)CN(c1ccc(OC)c(OC)c1)S(=O)(=O)c1ccccc1. The van der Waals surface area contributed by atoms with Gasteiger partial charge in [-0.15, -0.1) is 0 Å². The first-order valence-electron chi connectivity index (χ1n) is 13.5. The Labute approximate surface area is 243 Å². The van der Waals surface area contributed by atoms with Crippen molar-refractivity contribution in [3.05, 3.63) is 83.9 Å². The molecule has 0 saturated heterocycles. The van der Waals surface area contributed by atoms with Gasteiger partial charge in [-0.05, 0) is 57.0 Å². The van der Waals surface area contributed by atoms with E-state index in [1.54, 1.807) is 30.3 Å². The topological polar surface area (TPSA) is 105 Å². The van der Waals surface area contributed by atoms with Gasteiger partial charge >= 0.3 is 0 Å². The molecule has 3 aromatic rings. The van der Waals surface area contributed by atoms with Gasteiger partial charge in [0.05, 0.1) is 24.8 Å². The molecule has 10 heteroatoms. The molecule has 0 fully saturated rings. The van der Waals surface area contributed by atoms with Crippen molar-refractivity contribution in [1.29, 1.82) is 0 Å². The number of nitrogens with one attached hydrogen (secondary N) is 1. The molecule has 0 bridgehead atoms. The lowest BCUT2D eigenvalue weighted by Gasteiger charge is -2.33. The van der Waals surface area contributed by atoms with Crippen LogP contribution in [0.2, 0.25) is 0 Å². The van der Waals surface area contributed by atoms with Gasteiger partial charge in [-0.25, -0.2) is 8.42 Å². The quantitative estimate of drug-likeness (QED) is 0.318. The zero-order valence-corrected chi connectivity index (χ0v) is 25.3. The predicted molar refractivity (Wildman–Crippen MR) is 160 cm³/mol. The van der Waals surface area contributed by atoms with Gasteiger partial charge in [-0.1, -0.05) is 55.0 Å². The predicted octanol–water partition coefficient (Wildman–Crippen LogP) is 4.54. The van der Waals surface area contributed by atoms with E-state index in [4.69, 9.17) is 9.47 Å². The van der Waals surface area contributed by atoms with Crippen molar-refractivity contribution in [2.45, 2.75) is 57.6 Å². The van der Waals surface area contributed by atoms with Crippen molar-refractivity contribution in [2.24, 2.45) is 0 Å². The molecule has 1 atom stereocenters. The first-order chi connectivity index (χ1) is 19.5. The summed E-state index contributed by atoms with van der Waals surface area (Å²) >= 11 is 0. The molecule has 0 spiro atoms. The molecule has 41 heavy (non-hydrogen) atoms. The number of carbonyl (C=O) groups excluding carboxylic acids is 2. The van der Waals surface area contributed by atoms with E-state index in [2.05, 4.69) is 5.32 Å². The summed E-state index contributed by atoms with van der Waals surface area (Å²) in [6.45, 7) is 7.07. The van der Waals surface area contributed by atoms with Crippen molar-refractivity contribution in [2.75, 3.05) is 25.1 Å². The van der Waals surface area contributed by atoms with E-state index in [0.29, 0.717) is 17.9 Å². The highest BCUT2D eigenvalue weighted by molar-refractivity contribution is 7.92. The van der Waals surface area contributed by atoms with Gasteiger partial charge in [0.1, 0.15) is 12.6 Å². The summed E-state index contributed by atoms with van der Waals surface area (Å²) in [6, 6.07) is 19.3. The molecular weight excluding hydrogens is 542 g/mol. The number of benzene rings is 3. The molecule has 3 aromatic carbocycles. The second-order valence-electron chi connectivity index (χ2n) is 9.96. The summed E-state index contributed by atoms with van der Waals surface area (Å²) in [5.74, 6) is -0.0965. The molecule has 0 aromatic heterocycles. The molecule has 0 aliphatic heterocycles. The van der Waals surface area contributed by atoms with Crippen molar-refractivity contribution >= 4 is 27.5 Å². The molecule has 0 unspecified atom stereocenters. The van der Waals surface area contributed by atoms with Crippen molar-refractivity contribution in [3.63, 3.8) is 0 Å². The van der Waals surface area contributed by atoms with Crippen LogP contribution in [0.15, 0.2) is 77.7 Å². The minimum absolute atomic E-state index is 0.0254. The highest BCUT2D eigenvalue weighted by Gasteiger charge is 2.34. The second kappa shape index (κ2) is 14.0. The Morgan fingerprint density at radius 2 is 1.59 bits per heavy atom. The number of hydrogen-bond donors (Lipinski definition) is 1. The van der Waals surface area contributed by atoms with E-state index in [0.717, 1.165) is 15.4 Å². The fourth-order valence-corrected chi connectivity index (χ4v) is 5.96. The van der Waals surface area contributed by atoms with Crippen molar-refractivity contribution in [1.82, 2.24) is 10.2 Å². The van der Waals surface area contributed by atoms with Crippen LogP contribution in [0.25, 0.3) is 0 Å². The lowest BCUT2D eigenvalue weighted by atomic mass is 10.1. The maximum absolute atomic E-state index is 14.1. The summed E-state index contributed by atoms with van der Waals surface area (Å²) in [4.78, 5) is 28.9. The summed E-state index contributed by atoms with van der Waals surface area (Å²) in [5, 5.41) is 2.90. The van der Waals surface area contributed by atoms with Crippen LogP contribution in [-0.2, 0) is 26.2 Å². The number of anilines is 1. The normalized spacial score (nSPS) is 12.0. The molecular formula is C31H39N3O6S. The largest absolute Gasteiger partial charge is 0.493 e. The molecule has 220 valence electrons. The van der Waals surface area contributed by atoms with Crippen molar-refractivity contribution < 1.29 is 27.5 Å². The zero-order chi connectivity index (χ0) is 30.2. The third kappa shape index (κ3) is 7.79. The minimum Gasteiger partial charge on any atom is -0.493 e. The number of rotatable bonds is 13. The summed E-state index contributed by atoms with van der Waals surface area (Å²) in [5.41, 5.74) is 2.06. The lowest BCUT2D eigenvalue weighted by Crippen LogP contribution is -2.53. The maximum Gasteiger partial charge on any atom is 0.264 e. The molecule has 3 rings (SSSR count). The number of aryl methyl sites for hydroxylation is 1. The van der Waals surface area contributed by atoms with Crippen LogP contribution in [0.3, 0.4) is 0 Å². The number of amides is 2. The van der Waals surface area contributed by atoms with E-state index < -0.39 is 28.5 Å². The van der Waals surface area contributed by atoms with Gasteiger partial charge in [0, 0.05) is 18.7 Å². The third-order valence-corrected chi connectivity index (χ3v) is 8.31. The van der Waals surface area contributed by atoms with E-state index in [1.807, 2.05) is 52.0 Å². The monoisotopic (exact) mass is 581 g/mol. The average Bonchev–Trinajstić information content (AvgIpc) is 2.95. The number of methoxy groups -OCH3 is 2. The molecule has 0 aliphatic carbocycles. The number of hydrogen-bond acceptors (Lipinski definition) is 6. The van der Waals surface area contributed by atoms with Gasteiger partial charge in [-0.3, -0.25) is 13.9 Å². The summed E-state index contributed by atoms with van der Waals surface area (Å²) in [7, 11) is -1.26. The Kier molecular flexibility index (Phi) is 10.8.